The Morgan fingerprint density at radius 3 is 2.53 bits per heavy atom. The lowest BCUT2D eigenvalue weighted by Gasteiger charge is -2.14. The third-order valence-corrected chi connectivity index (χ3v) is 5.95. The van der Waals surface area contributed by atoms with Crippen molar-refractivity contribution in [1.82, 2.24) is 10.2 Å². The Morgan fingerprint density at radius 1 is 1.07 bits per heavy atom. The standard InChI is InChI=1S/C21H18N4O3S2/c1-13-23-24-20(29-13)22-21-25(15-7-5-4-6-8-15)19(26)18(30-21)12-14-11-16(27-2)9-10-17(14)28-3/h4-12H,1-3H3/b18-12-,22-21+. The fourth-order valence-corrected chi connectivity index (χ4v) is 4.45. The van der Waals surface area contributed by atoms with Crippen LogP contribution in [0.15, 0.2) is 58.4 Å². The van der Waals surface area contributed by atoms with E-state index in [9.17, 15) is 4.79 Å². The van der Waals surface area contributed by atoms with Gasteiger partial charge in [-0.3, -0.25) is 9.69 Å². The first-order valence-corrected chi connectivity index (χ1v) is 10.6. The molecule has 2 aromatic carbocycles. The molecule has 3 aromatic rings. The molecule has 4 rings (SSSR count). The highest BCUT2D eigenvalue weighted by Crippen LogP contribution is 2.39. The molecule has 0 radical (unpaired) electrons. The Hall–Kier alpha value is -3.17. The number of rotatable bonds is 5. The van der Waals surface area contributed by atoms with E-state index in [1.54, 1.807) is 25.2 Å². The molecule has 1 aliphatic heterocycles. The van der Waals surface area contributed by atoms with E-state index < -0.39 is 0 Å². The summed E-state index contributed by atoms with van der Waals surface area (Å²) in [7, 11) is 3.19. The normalized spacial score (nSPS) is 16.5. The van der Waals surface area contributed by atoms with Crippen LogP contribution in [0.25, 0.3) is 6.08 Å². The molecule has 0 bridgehead atoms. The number of nitrogens with zero attached hydrogens (tertiary/aromatic N) is 4. The number of ether oxygens (including phenoxy) is 2. The van der Waals surface area contributed by atoms with Gasteiger partial charge in [0.1, 0.15) is 16.5 Å². The molecule has 1 saturated heterocycles. The summed E-state index contributed by atoms with van der Waals surface area (Å²) in [6.45, 7) is 1.86. The molecule has 0 atom stereocenters. The minimum absolute atomic E-state index is 0.170. The topological polar surface area (TPSA) is 76.9 Å². The van der Waals surface area contributed by atoms with Crippen LogP contribution in [-0.4, -0.2) is 35.5 Å². The number of thioether (sulfide) groups is 1. The minimum Gasteiger partial charge on any atom is -0.497 e. The highest BCUT2D eigenvalue weighted by Gasteiger charge is 2.35. The number of carbonyl (C=O) groups is 1. The summed E-state index contributed by atoms with van der Waals surface area (Å²) in [5, 5.41) is 9.91. The van der Waals surface area contributed by atoms with E-state index in [4.69, 9.17) is 9.47 Å². The molecule has 0 spiro atoms. The monoisotopic (exact) mass is 438 g/mol. The van der Waals surface area contributed by atoms with Crippen molar-refractivity contribution < 1.29 is 14.3 Å². The fourth-order valence-electron chi connectivity index (χ4n) is 2.86. The second-order valence-electron chi connectivity index (χ2n) is 6.19. The van der Waals surface area contributed by atoms with E-state index in [0.29, 0.717) is 26.7 Å². The zero-order valence-electron chi connectivity index (χ0n) is 16.5. The summed E-state index contributed by atoms with van der Waals surface area (Å²) < 4.78 is 10.8. The Kier molecular flexibility index (Phi) is 5.82. The maximum Gasteiger partial charge on any atom is 0.271 e. The van der Waals surface area contributed by atoms with Gasteiger partial charge in [0.15, 0.2) is 5.17 Å². The summed E-state index contributed by atoms with van der Waals surface area (Å²) >= 11 is 2.66. The van der Waals surface area contributed by atoms with Crippen LogP contribution in [0.4, 0.5) is 10.8 Å². The first kappa shape index (κ1) is 20.1. The second-order valence-corrected chi connectivity index (χ2v) is 8.36. The van der Waals surface area contributed by atoms with Gasteiger partial charge in [-0.05, 0) is 55.1 Å². The number of amidine groups is 1. The number of hydrogen-bond acceptors (Lipinski definition) is 8. The molecule has 0 unspecified atom stereocenters. The maximum atomic E-state index is 13.3. The highest BCUT2D eigenvalue weighted by molar-refractivity contribution is 8.19. The number of aryl methyl sites for hydroxylation is 1. The lowest BCUT2D eigenvalue weighted by atomic mass is 10.1. The van der Waals surface area contributed by atoms with E-state index >= 15 is 0 Å². The maximum absolute atomic E-state index is 13.3. The van der Waals surface area contributed by atoms with Crippen LogP contribution in [0.5, 0.6) is 11.5 Å². The zero-order chi connectivity index (χ0) is 21.1. The van der Waals surface area contributed by atoms with Gasteiger partial charge < -0.3 is 9.47 Å². The molecule has 1 aliphatic rings. The molecule has 30 heavy (non-hydrogen) atoms. The van der Waals surface area contributed by atoms with Crippen LogP contribution in [0, 0.1) is 6.92 Å². The van der Waals surface area contributed by atoms with Crippen molar-refractivity contribution in [3.05, 3.63) is 64.0 Å². The van der Waals surface area contributed by atoms with Crippen LogP contribution >= 0.6 is 23.1 Å². The van der Waals surface area contributed by atoms with Gasteiger partial charge in [0.05, 0.1) is 24.8 Å². The number of hydrogen-bond donors (Lipinski definition) is 0. The SMILES string of the molecule is COc1ccc(OC)c(/C=C2\S/C(=N/c3nnc(C)s3)N(c3ccccc3)C2=O)c1. The minimum atomic E-state index is -0.170. The van der Waals surface area contributed by atoms with E-state index in [2.05, 4.69) is 15.2 Å². The van der Waals surface area contributed by atoms with Crippen molar-refractivity contribution in [2.45, 2.75) is 6.92 Å². The first-order chi connectivity index (χ1) is 14.6. The van der Waals surface area contributed by atoms with Gasteiger partial charge in [0.2, 0.25) is 5.13 Å². The zero-order valence-corrected chi connectivity index (χ0v) is 18.2. The van der Waals surface area contributed by atoms with Crippen molar-refractivity contribution in [2.24, 2.45) is 4.99 Å². The number of methoxy groups -OCH3 is 2. The van der Waals surface area contributed by atoms with Crippen LogP contribution in [0.1, 0.15) is 10.6 Å². The average molecular weight is 439 g/mol. The summed E-state index contributed by atoms with van der Waals surface area (Å²) in [6, 6.07) is 14.9. The summed E-state index contributed by atoms with van der Waals surface area (Å²) in [6.07, 6.45) is 1.79. The Morgan fingerprint density at radius 2 is 1.87 bits per heavy atom. The number of benzene rings is 2. The molecule has 0 aliphatic carbocycles. The number of aromatic nitrogens is 2. The number of para-hydroxylation sites is 1. The molecule has 7 nitrogen and oxygen atoms in total. The summed E-state index contributed by atoms with van der Waals surface area (Å²) in [4.78, 5) is 20.0. The lowest BCUT2D eigenvalue weighted by Crippen LogP contribution is -2.28. The molecule has 1 amide bonds. The third kappa shape index (κ3) is 4.07. The molecular weight excluding hydrogens is 420 g/mol. The second kappa shape index (κ2) is 8.68. The Balaban J connectivity index is 1.79. The molecule has 1 fully saturated rings. The average Bonchev–Trinajstić information content (AvgIpc) is 3.31. The molecular formula is C21H18N4O3S2. The van der Waals surface area contributed by atoms with Gasteiger partial charge >= 0.3 is 0 Å². The van der Waals surface area contributed by atoms with Gasteiger partial charge in [-0.25, -0.2) is 0 Å². The smallest absolute Gasteiger partial charge is 0.271 e. The van der Waals surface area contributed by atoms with Gasteiger partial charge in [-0.1, -0.05) is 29.5 Å². The van der Waals surface area contributed by atoms with Gasteiger partial charge in [-0.15, -0.1) is 10.2 Å². The van der Waals surface area contributed by atoms with E-state index in [1.807, 2.05) is 55.5 Å². The molecule has 1 aromatic heterocycles. The van der Waals surface area contributed by atoms with Gasteiger partial charge in [0.25, 0.3) is 5.91 Å². The number of anilines is 1. The van der Waals surface area contributed by atoms with E-state index in [0.717, 1.165) is 16.3 Å². The summed E-state index contributed by atoms with van der Waals surface area (Å²) in [5.74, 6) is 1.15. The first-order valence-electron chi connectivity index (χ1n) is 8.99. The predicted octanol–water partition coefficient (Wildman–Crippen LogP) is 4.67. The van der Waals surface area contributed by atoms with Gasteiger partial charge in [0, 0.05) is 5.56 Å². The highest BCUT2D eigenvalue weighted by atomic mass is 32.2. The van der Waals surface area contributed by atoms with Crippen molar-refractivity contribution in [2.75, 3.05) is 19.1 Å². The molecule has 0 N–H and O–H groups in total. The van der Waals surface area contributed by atoms with Crippen molar-refractivity contribution in [3.63, 3.8) is 0 Å². The molecule has 2 heterocycles. The molecule has 0 saturated carbocycles. The fraction of sp³-hybridized carbons (Fsp3) is 0.143. The number of amides is 1. The van der Waals surface area contributed by atoms with Crippen molar-refractivity contribution in [3.8, 4) is 11.5 Å². The van der Waals surface area contributed by atoms with Crippen LogP contribution in [0.3, 0.4) is 0 Å². The lowest BCUT2D eigenvalue weighted by molar-refractivity contribution is -0.113. The number of aliphatic imine (C=N–C) groups is 1. The van der Waals surface area contributed by atoms with Crippen LogP contribution in [0.2, 0.25) is 0 Å². The van der Waals surface area contributed by atoms with E-state index in [-0.39, 0.29) is 5.91 Å². The number of carbonyl (C=O) groups excluding carboxylic acids is 1. The quantitative estimate of drug-likeness (QED) is 0.539. The molecule has 152 valence electrons. The molecule has 9 heteroatoms. The summed E-state index contributed by atoms with van der Waals surface area (Å²) in [5.41, 5.74) is 1.48. The van der Waals surface area contributed by atoms with Crippen LogP contribution < -0.4 is 14.4 Å². The van der Waals surface area contributed by atoms with E-state index in [1.165, 1.54) is 23.1 Å². The Bertz CT molecular complexity index is 1140. The van der Waals surface area contributed by atoms with Crippen molar-refractivity contribution in [1.29, 1.82) is 0 Å². The largest absolute Gasteiger partial charge is 0.497 e. The van der Waals surface area contributed by atoms with Crippen molar-refractivity contribution >= 4 is 51.1 Å². The third-order valence-electron chi connectivity index (χ3n) is 4.25. The predicted molar refractivity (Wildman–Crippen MR) is 121 cm³/mol. The Labute approximate surface area is 182 Å². The van der Waals surface area contributed by atoms with Crippen LogP contribution in [-0.2, 0) is 4.79 Å². The van der Waals surface area contributed by atoms with Gasteiger partial charge in [-0.2, -0.15) is 4.99 Å².